The van der Waals surface area contributed by atoms with Gasteiger partial charge in [-0.05, 0) is 0 Å². The first kappa shape index (κ1) is 38.7. The van der Waals surface area contributed by atoms with E-state index < -0.39 is 18.5 Å². The average Bonchev–Trinajstić information content (AvgIpc) is 2.78. The molecule has 0 aromatic carbocycles. The van der Waals surface area contributed by atoms with Crippen molar-refractivity contribution in [2.24, 2.45) is 0 Å². The van der Waals surface area contributed by atoms with Crippen LogP contribution < -0.4 is 0 Å². The fourth-order valence-electron chi connectivity index (χ4n) is 4.37. The molecule has 0 spiro atoms. The first-order chi connectivity index (χ1) is 15.3. The van der Waals surface area contributed by atoms with Gasteiger partial charge >= 0.3 is 206 Å². The Morgan fingerprint density at radius 1 is 0.455 bits per heavy atom. The van der Waals surface area contributed by atoms with E-state index in [0.29, 0.717) is 0 Å². The van der Waals surface area contributed by atoms with E-state index >= 15 is 0 Å². The molecule has 0 aromatic heterocycles. The molecule has 5 heteroatoms. The van der Waals surface area contributed by atoms with E-state index in [2.05, 4.69) is 31.1 Å². The molecule has 0 aromatic rings. The summed E-state index contributed by atoms with van der Waals surface area (Å²) in [4.78, 5) is 0. The minimum atomic E-state index is -1.50. The summed E-state index contributed by atoms with van der Waals surface area (Å²) < 4.78 is 10.7. The predicted molar refractivity (Wildman–Crippen MR) is 152 cm³/mol. The number of rotatable bonds is 26. The summed E-state index contributed by atoms with van der Waals surface area (Å²) in [6.07, 6.45) is 28.0. The number of hydrogen-bond acceptors (Lipinski definition) is 2. The molecule has 0 bridgehead atoms. The molecule has 0 unspecified atom stereocenters. The number of halogens is 2. The molecule has 0 rings (SSSR count). The summed E-state index contributed by atoms with van der Waals surface area (Å²) in [5.74, 6) is 0. The van der Waals surface area contributed by atoms with Crippen molar-refractivity contribution >= 4 is 24.8 Å². The second kappa shape index (κ2) is 33.2. The van der Waals surface area contributed by atoms with E-state index in [-0.39, 0.29) is 24.8 Å². The van der Waals surface area contributed by atoms with Crippen LogP contribution in [0.5, 0.6) is 0 Å². The molecule has 2 nitrogen and oxygen atoms in total. The predicted octanol–water partition coefficient (Wildman–Crippen LogP) is 10.9. The third-order valence-electron chi connectivity index (χ3n) is 6.48. The van der Waals surface area contributed by atoms with Gasteiger partial charge in [0.25, 0.3) is 0 Å². The monoisotopic (exact) mass is 546 g/mol. The van der Waals surface area contributed by atoms with Crippen LogP contribution in [0.3, 0.4) is 0 Å². The zero-order valence-corrected chi connectivity index (χ0v) is 26.3. The van der Waals surface area contributed by atoms with Crippen LogP contribution >= 0.6 is 24.8 Å². The normalized spacial score (nSPS) is 10.8. The molecule has 0 radical (unpaired) electrons. The summed E-state index contributed by atoms with van der Waals surface area (Å²) in [6, 6.07) is 0. The third-order valence-corrected chi connectivity index (χ3v) is 10.1. The fourth-order valence-corrected chi connectivity index (χ4v) is 7.54. The topological polar surface area (TPSA) is 12.5 Å². The zero-order valence-electron chi connectivity index (χ0n) is 23.1. The minimum Gasteiger partial charge on any atom is -0.147 e. The summed E-state index contributed by atoms with van der Waals surface area (Å²) in [6.45, 7) is 12.9. The molecule has 0 saturated heterocycles. The average molecular weight is 548 g/mol. The van der Waals surface area contributed by atoms with E-state index in [1.165, 1.54) is 146 Å². The number of unbranched alkanes of at least 4 members (excludes halogenated alkanes) is 17. The first-order valence-corrected chi connectivity index (χ1v) is 17.0. The molecule has 0 N–H and O–H groups in total. The van der Waals surface area contributed by atoms with Crippen LogP contribution in [0.25, 0.3) is 0 Å². The second-order valence-corrected chi connectivity index (χ2v) is 13.4. The Labute approximate surface area is 229 Å². The van der Waals surface area contributed by atoms with E-state index in [4.69, 9.17) is 3.32 Å². The van der Waals surface area contributed by atoms with Crippen LogP contribution in [0.4, 0.5) is 0 Å². The van der Waals surface area contributed by atoms with E-state index in [9.17, 15) is 0 Å². The Morgan fingerprint density at radius 3 is 1.15 bits per heavy atom. The van der Waals surface area contributed by atoms with Crippen molar-refractivity contribution in [3.05, 3.63) is 0 Å². The van der Waals surface area contributed by atoms with Crippen molar-refractivity contribution in [1.82, 2.24) is 3.38 Å². The molecule has 0 aliphatic rings. The Morgan fingerprint density at radius 2 is 0.788 bits per heavy atom. The Bertz CT molecular complexity index is 317. The van der Waals surface area contributed by atoms with E-state index in [1.54, 1.807) is 0 Å². The van der Waals surface area contributed by atoms with Gasteiger partial charge in [-0.3, -0.25) is 0 Å². The minimum absolute atomic E-state index is 0. The molecule has 0 fully saturated rings. The van der Waals surface area contributed by atoms with Gasteiger partial charge in [0.15, 0.2) is 0 Å². The maximum atomic E-state index is 6.54. The standard InChI is InChI=1S/C20H42N.C6H13O.C2H5.2ClH.Ti/c1-3-5-7-9-11-13-15-17-19-21-20-18-16-14-12-10-8-6-4-2;1-2-3-4-5-6-7;1-2;;;/h3-20H2,1-2H3;2-6H2,1H3;1H2,2H3;2*1H;/q2*-1;;;;+2. The zero-order chi connectivity index (χ0) is 22.8. The Kier molecular flexibility index (Phi) is 39.0. The molecular weight excluding hydrogens is 485 g/mol. The van der Waals surface area contributed by atoms with Crippen LogP contribution in [-0.2, 0) is 21.8 Å². The summed E-state index contributed by atoms with van der Waals surface area (Å²) in [5.41, 5.74) is 0. The molecule has 203 valence electrons. The molecule has 0 amide bonds. The van der Waals surface area contributed by atoms with Gasteiger partial charge in [-0.25, -0.2) is 0 Å². The van der Waals surface area contributed by atoms with Crippen LogP contribution in [-0.4, -0.2) is 23.1 Å². The van der Waals surface area contributed by atoms with Gasteiger partial charge in [-0.15, -0.1) is 24.8 Å². The molecule has 0 aliphatic carbocycles. The van der Waals surface area contributed by atoms with Crippen LogP contribution in [0.2, 0.25) is 4.73 Å². The number of nitrogens with zero attached hydrogens (tertiary/aromatic N) is 1. The van der Waals surface area contributed by atoms with Crippen LogP contribution in [0.1, 0.15) is 156 Å². The van der Waals surface area contributed by atoms with Crippen molar-refractivity contribution in [3.63, 3.8) is 0 Å². The quantitative estimate of drug-likeness (QED) is 0.0789. The summed E-state index contributed by atoms with van der Waals surface area (Å²) in [7, 11) is 0. The van der Waals surface area contributed by atoms with E-state index in [1.807, 2.05) is 0 Å². The fraction of sp³-hybridized carbons (Fsp3) is 1.00. The van der Waals surface area contributed by atoms with Crippen molar-refractivity contribution in [3.8, 4) is 0 Å². The van der Waals surface area contributed by atoms with Gasteiger partial charge in [-0.2, -0.15) is 0 Å². The maximum Gasteiger partial charge on any atom is -0.147 e. The van der Waals surface area contributed by atoms with E-state index in [0.717, 1.165) is 6.61 Å². The largest absolute Gasteiger partial charge is 0.147 e. The second-order valence-electron chi connectivity index (χ2n) is 9.59. The molecule has 0 atom stereocenters. The summed E-state index contributed by atoms with van der Waals surface area (Å²) >= 11 is -1.50. The first-order valence-electron chi connectivity index (χ1n) is 14.5. The van der Waals surface area contributed by atoms with Crippen molar-refractivity contribution in [1.29, 1.82) is 0 Å². The van der Waals surface area contributed by atoms with Crippen molar-refractivity contribution < 1.29 is 21.8 Å². The number of hydrogen-bond donors (Lipinski definition) is 0. The van der Waals surface area contributed by atoms with Gasteiger partial charge in [0.1, 0.15) is 0 Å². The van der Waals surface area contributed by atoms with Gasteiger partial charge in [-0.1, -0.05) is 0 Å². The van der Waals surface area contributed by atoms with Gasteiger partial charge in [0.05, 0.1) is 0 Å². The van der Waals surface area contributed by atoms with Crippen molar-refractivity contribution in [2.45, 2.75) is 161 Å². The van der Waals surface area contributed by atoms with Gasteiger partial charge in [0.2, 0.25) is 0 Å². The molecule has 0 heterocycles. The van der Waals surface area contributed by atoms with Crippen LogP contribution in [0, 0.1) is 0 Å². The molecular formula is C28H62Cl2NOTi. The summed E-state index contributed by atoms with van der Waals surface area (Å²) in [5, 5.41) is 0. The van der Waals surface area contributed by atoms with Gasteiger partial charge in [0, 0.05) is 0 Å². The molecule has 0 saturated carbocycles. The Hall–Kier alpha value is 1.21. The molecule has 33 heavy (non-hydrogen) atoms. The molecule has 0 aliphatic heterocycles. The SMILES string of the molecule is CCCCCCCCCC[N](CCCCCCCCCC)[Ti]([CH2]C)[O]CCCCCC.Cl.Cl. The smallest absolute Gasteiger partial charge is 0.147 e. The third kappa shape index (κ3) is 27.6. The van der Waals surface area contributed by atoms with Gasteiger partial charge < -0.3 is 0 Å². The van der Waals surface area contributed by atoms with Crippen molar-refractivity contribution in [2.75, 3.05) is 19.7 Å². The maximum absolute atomic E-state index is 6.54. The van der Waals surface area contributed by atoms with Crippen LogP contribution in [0.15, 0.2) is 0 Å². The Balaban J connectivity index is -0.00000450.